The molecule has 1 aromatic heterocycles. The molecule has 1 saturated carbocycles. The summed E-state index contributed by atoms with van der Waals surface area (Å²) in [5, 5.41) is 4.83. The number of nitrogens with zero attached hydrogens (tertiary/aromatic N) is 3. The molecule has 1 N–H and O–H groups in total. The van der Waals surface area contributed by atoms with Gasteiger partial charge in [-0.25, -0.2) is 4.98 Å². The van der Waals surface area contributed by atoms with Crippen molar-refractivity contribution in [2.45, 2.75) is 38.3 Å². The van der Waals surface area contributed by atoms with E-state index in [0.29, 0.717) is 23.4 Å². The number of likely N-dealkylation sites (tertiary alicyclic amines) is 1. The molecular formula is C15H21F3N4S. The van der Waals surface area contributed by atoms with Gasteiger partial charge in [-0.1, -0.05) is 6.42 Å². The van der Waals surface area contributed by atoms with Crippen LogP contribution in [0, 0.1) is 5.41 Å². The highest BCUT2D eigenvalue weighted by atomic mass is 32.1. The molecule has 0 amide bonds. The molecule has 0 radical (unpaired) electrons. The summed E-state index contributed by atoms with van der Waals surface area (Å²) in [6.07, 6.45) is 1.27. The predicted molar refractivity (Wildman–Crippen MR) is 84.7 cm³/mol. The molecule has 0 aromatic carbocycles. The third-order valence-corrected chi connectivity index (χ3v) is 5.74. The highest BCUT2D eigenvalue weighted by molar-refractivity contribution is 7.09. The van der Waals surface area contributed by atoms with Gasteiger partial charge in [-0.3, -0.25) is 4.99 Å². The van der Waals surface area contributed by atoms with Crippen molar-refractivity contribution in [2.75, 3.05) is 26.7 Å². The normalized spacial score (nSPS) is 20.9. The highest BCUT2D eigenvalue weighted by Gasteiger charge is 2.43. The van der Waals surface area contributed by atoms with Crippen molar-refractivity contribution in [3.05, 3.63) is 16.1 Å². The van der Waals surface area contributed by atoms with Gasteiger partial charge in [0.15, 0.2) is 11.7 Å². The summed E-state index contributed by atoms with van der Waals surface area (Å²) in [4.78, 5) is 10.2. The smallest absolute Gasteiger partial charge is 0.356 e. The van der Waals surface area contributed by atoms with E-state index in [1.165, 1.54) is 25.7 Å². The summed E-state index contributed by atoms with van der Waals surface area (Å²) >= 11 is 1.06. The minimum atomic E-state index is -4.36. The lowest BCUT2D eigenvalue weighted by atomic mass is 9.68. The number of alkyl halides is 3. The number of aromatic nitrogens is 1. The van der Waals surface area contributed by atoms with Gasteiger partial charge >= 0.3 is 6.18 Å². The fourth-order valence-corrected chi connectivity index (χ4v) is 4.18. The van der Waals surface area contributed by atoms with Crippen molar-refractivity contribution >= 4 is 17.3 Å². The number of guanidine groups is 1. The van der Waals surface area contributed by atoms with E-state index in [9.17, 15) is 13.2 Å². The topological polar surface area (TPSA) is 40.5 Å². The molecule has 0 bridgehead atoms. The van der Waals surface area contributed by atoms with Crippen LogP contribution in [-0.2, 0) is 12.6 Å². The van der Waals surface area contributed by atoms with Crippen molar-refractivity contribution in [1.82, 2.24) is 15.2 Å². The Kier molecular flexibility index (Phi) is 4.53. The lowest BCUT2D eigenvalue weighted by molar-refractivity contribution is -0.140. The molecule has 4 nitrogen and oxygen atoms in total. The second-order valence-corrected chi connectivity index (χ2v) is 7.32. The third-order valence-electron chi connectivity index (χ3n) is 4.83. The maximum atomic E-state index is 12.5. The van der Waals surface area contributed by atoms with Gasteiger partial charge in [-0.2, -0.15) is 13.2 Å². The van der Waals surface area contributed by atoms with Crippen LogP contribution in [-0.4, -0.2) is 42.5 Å². The molecule has 8 heteroatoms. The van der Waals surface area contributed by atoms with Crippen molar-refractivity contribution in [3.8, 4) is 0 Å². The zero-order chi connectivity index (χ0) is 16.5. The van der Waals surface area contributed by atoms with E-state index in [0.717, 1.165) is 35.8 Å². The van der Waals surface area contributed by atoms with Gasteiger partial charge in [0.1, 0.15) is 0 Å². The summed E-state index contributed by atoms with van der Waals surface area (Å²) in [6, 6.07) is 0. The van der Waals surface area contributed by atoms with Gasteiger partial charge in [0.05, 0.1) is 5.01 Å². The van der Waals surface area contributed by atoms with Crippen LogP contribution in [0.4, 0.5) is 13.2 Å². The second-order valence-electron chi connectivity index (χ2n) is 6.37. The van der Waals surface area contributed by atoms with Gasteiger partial charge in [0, 0.05) is 38.5 Å². The van der Waals surface area contributed by atoms with Crippen LogP contribution in [0.25, 0.3) is 0 Å². The zero-order valence-corrected chi connectivity index (χ0v) is 13.9. The minimum absolute atomic E-state index is 0.471. The first kappa shape index (κ1) is 16.5. The molecule has 128 valence electrons. The predicted octanol–water partition coefficient (Wildman–Crippen LogP) is 3.16. The fraction of sp³-hybridized carbons (Fsp3) is 0.733. The lowest BCUT2D eigenvalue weighted by Gasteiger charge is -2.38. The summed E-state index contributed by atoms with van der Waals surface area (Å²) in [5.41, 5.74) is -0.303. The van der Waals surface area contributed by atoms with Crippen LogP contribution >= 0.6 is 11.3 Å². The van der Waals surface area contributed by atoms with Crippen LogP contribution in [0.3, 0.4) is 0 Å². The Labute approximate surface area is 137 Å². The van der Waals surface area contributed by atoms with Crippen LogP contribution in [0.1, 0.15) is 36.4 Å². The Morgan fingerprint density at radius 1 is 1.43 bits per heavy atom. The third kappa shape index (κ3) is 3.62. The lowest BCUT2D eigenvalue weighted by Crippen LogP contribution is -2.43. The van der Waals surface area contributed by atoms with Crippen LogP contribution in [0.15, 0.2) is 10.4 Å². The average Bonchev–Trinajstić information content (AvgIpc) is 3.09. The van der Waals surface area contributed by atoms with Gasteiger partial charge in [-0.05, 0) is 24.7 Å². The molecule has 1 aromatic rings. The number of halogens is 3. The summed E-state index contributed by atoms with van der Waals surface area (Å²) < 4.78 is 37.6. The Morgan fingerprint density at radius 2 is 2.22 bits per heavy atom. The largest absolute Gasteiger partial charge is 0.434 e. The first-order chi connectivity index (χ1) is 10.9. The SMILES string of the molecule is CN=C(NCCc1nc(C(F)(F)F)cs1)N1CCC2(CCC2)C1. The first-order valence-electron chi connectivity index (χ1n) is 7.89. The fourth-order valence-electron chi connectivity index (χ4n) is 3.37. The summed E-state index contributed by atoms with van der Waals surface area (Å²) in [6.45, 7) is 2.60. The first-order valence-corrected chi connectivity index (χ1v) is 8.77. The van der Waals surface area contributed by atoms with E-state index in [2.05, 4.69) is 20.2 Å². The van der Waals surface area contributed by atoms with E-state index in [-0.39, 0.29) is 0 Å². The average molecular weight is 346 g/mol. The number of hydrogen-bond donors (Lipinski definition) is 1. The van der Waals surface area contributed by atoms with Crippen molar-refractivity contribution in [1.29, 1.82) is 0 Å². The molecule has 0 atom stereocenters. The molecule has 2 aliphatic rings. The number of rotatable bonds is 3. The molecule has 1 aliphatic carbocycles. The zero-order valence-electron chi connectivity index (χ0n) is 13.1. The van der Waals surface area contributed by atoms with E-state index >= 15 is 0 Å². The molecular weight excluding hydrogens is 325 g/mol. The monoisotopic (exact) mass is 346 g/mol. The molecule has 0 unspecified atom stereocenters. The van der Waals surface area contributed by atoms with Crippen LogP contribution < -0.4 is 5.32 Å². The maximum Gasteiger partial charge on any atom is 0.434 e. The molecule has 2 heterocycles. The number of hydrogen-bond acceptors (Lipinski definition) is 3. The molecule has 1 aliphatic heterocycles. The van der Waals surface area contributed by atoms with Crippen molar-refractivity contribution in [2.24, 2.45) is 10.4 Å². The Hall–Kier alpha value is -1.31. The van der Waals surface area contributed by atoms with E-state index in [1.807, 2.05) is 0 Å². The molecule has 2 fully saturated rings. The number of nitrogens with one attached hydrogen (secondary N) is 1. The second kappa shape index (κ2) is 6.30. The standard InChI is InChI=1S/C15H21F3N4S/c1-19-13(22-8-6-14(10-22)4-2-5-14)20-7-3-12-21-11(9-23-12)15(16,17)18/h9H,2-8,10H2,1H3,(H,19,20). The van der Waals surface area contributed by atoms with Crippen LogP contribution in [0.5, 0.6) is 0 Å². The molecule has 1 spiro atoms. The summed E-state index contributed by atoms with van der Waals surface area (Å²) in [5.74, 6) is 0.848. The highest BCUT2D eigenvalue weighted by Crippen LogP contribution is 2.47. The van der Waals surface area contributed by atoms with E-state index < -0.39 is 11.9 Å². The van der Waals surface area contributed by atoms with Gasteiger partial charge < -0.3 is 10.2 Å². The van der Waals surface area contributed by atoms with E-state index in [1.54, 1.807) is 7.05 Å². The van der Waals surface area contributed by atoms with Gasteiger partial charge in [0.25, 0.3) is 0 Å². The van der Waals surface area contributed by atoms with Gasteiger partial charge in [0.2, 0.25) is 0 Å². The molecule has 1 saturated heterocycles. The quantitative estimate of drug-likeness (QED) is 0.675. The Balaban J connectivity index is 1.48. The Bertz CT molecular complexity index is 578. The number of thiazole rings is 1. The molecule has 3 rings (SSSR count). The van der Waals surface area contributed by atoms with Crippen molar-refractivity contribution in [3.63, 3.8) is 0 Å². The van der Waals surface area contributed by atoms with Gasteiger partial charge in [-0.15, -0.1) is 11.3 Å². The van der Waals surface area contributed by atoms with E-state index in [4.69, 9.17) is 0 Å². The molecule has 23 heavy (non-hydrogen) atoms. The summed E-state index contributed by atoms with van der Waals surface area (Å²) in [7, 11) is 1.75. The Morgan fingerprint density at radius 3 is 2.74 bits per heavy atom. The van der Waals surface area contributed by atoms with Crippen molar-refractivity contribution < 1.29 is 13.2 Å². The van der Waals surface area contributed by atoms with Crippen LogP contribution in [0.2, 0.25) is 0 Å². The maximum absolute atomic E-state index is 12.5. The minimum Gasteiger partial charge on any atom is -0.356 e. The number of aliphatic imine (C=N–C) groups is 1.